The van der Waals surface area contributed by atoms with Gasteiger partial charge in [0, 0.05) is 19.3 Å². The molecule has 73 heavy (non-hydrogen) atoms. The molecule has 0 amide bonds. The maximum Gasteiger partial charge on any atom is 0.306 e. The number of hydrogen-bond acceptors (Lipinski definition) is 6. The Kier molecular flexibility index (Phi) is 59.2. The van der Waals surface area contributed by atoms with Crippen molar-refractivity contribution in [1.82, 2.24) is 0 Å². The molecule has 1 unspecified atom stereocenters. The lowest BCUT2D eigenvalue weighted by molar-refractivity contribution is -0.167. The fourth-order valence-electron chi connectivity index (χ4n) is 9.25. The molecule has 1 atom stereocenters. The molecule has 0 aromatic rings. The Morgan fingerprint density at radius 3 is 0.849 bits per heavy atom. The molecule has 0 fully saturated rings. The largest absolute Gasteiger partial charge is 0.462 e. The Hall–Kier alpha value is -2.89. The number of allylic oxidation sites excluding steroid dienone is 10. The van der Waals surface area contributed by atoms with Crippen LogP contribution in [0.25, 0.3) is 0 Å². The van der Waals surface area contributed by atoms with E-state index in [0.29, 0.717) is 19.3 Å². The minimum absolute atomic E-state index is 0.0796. The smallest absolute Gasteiger partial charge is 0.306 e. The predicted molar refractivity (Wildman–Crippen MR) is 316 cm³/mol. The number of carbonyl (C=O) groups is 3. The third-order valence-corrected chi connectivity index (χ3v) is 14.0. The van der Waals surface area contributed by atoms with E-state index < -0.39 is 6.10 Å². The van der Waals surface area contributed by atoms with Crippen LogP contribution in [0.5, 0.6) is 0 Å². The quantitative estimate of drug-likeness (QED) is 0.0261. The number of rotatable bonds is 58. The number of carbonyl (C=O) groups excluding carboxylic acids is 3. The summed E-state index contributed by atoms with van der Waals surface area (Å²) in [4.78, 5) is 38.3. The third-order valence-electron chi connectivity index (χ3n) is 14.0. The predicted octanol–water partition coefficient (Wildman–Crippen LogP) is 21.6. The molecule has 0 bridgehead atoms. The zero-order chi connectivity index (χ0) is 52.9. The van der Waals surface area contributed by atoms with Gasteiger partial charge in [-0.2, -0.15) is 0 Å². The molecular weight excluding hydrogens is 901 g/mol. The van der Waals surface area contributed by atoms with Gasteiger partial charge in [0.2, 0.25) is 0 Å². The number of ether oxygens (including phenoxy) is 3. The van der Waals surface area contributed by atoms with Gasteiger partial charge in [-0.05, 0) is 83.5 Å². The lowest BCUT2D eigenvalue weighted by Crippen LogP contribution is -2.30. The van der Waals surface area contributed by atoms with Crippen LogP contribution in [0.15, 0.2) is 60.8 Å². The summed E-state index contributed by atoms with van der Waals surface area (Å²) in [6, 6.07) is 0. The van der Waals surface area contributed by atoms with Gasteiger partial charge in [-0.1, -0.05) is 287 Å². The first-order valence-corrected chi connectivity index (χ1v) is 31.8. The third kappa shape index (κ3) is 59.9. The van der Waals surface area contributed by atoms with E-state index in [-0.39, 0.29) is 31.1 Å². The molecule has 6 nitrogen and oxygen atoms in total. The topological polar surface area (TPSA) is 78.9 Å². The molecule has 0 saturated heterocycles. The second-order valence-corrected chi connectivity index (χ2v) is 21.3. The molecule has 0 aliphatic carbocycles. The van der Waals surface area contributed by atoms with Crippen LogP contribution in [0.3, 0.4) is 0 Å². The molecule has 0 aromatic heterocycles. The lowest BCUT2D eigenvalue weighted by Gasteiger charge is -2.18. The first-order chi connectivity index (χ1) is 36.0. The summed E-state index contributed by atoms with van der Waals surface area (Å²) in [6.07, 6.45) is 77.9. The highest BCUT2D eigenvalue weighted by Crippen LogP contribution is 2.17. The van der Waals surface area contributed by atoms with Gasteiger partial charge in [0.25, 0.3) is 0 Å². The second kappa shape index (κ2) is 61.7. The van der Waals surface area contributed by atoms with E-state index in [0.717, 1.165) is 103 Å². The zero-order valence-corrected chi connectivity index (χ0v) is 48.7. The maximum atomic E-state index is 12.9. The van der Waals surface area contributed by atoms with Crippen molar-refractivity contribution in [1.29, 1.82) is 0 Å². The first kappa shape index (κ1) is 70.1. The van der Waals surface area contributed by atoms with Crippen molar-refractivity contribution >= 4 is 17.9 Å². The number of hydrogen-bond donors (Lipinski definition) is 0. The van der Waals surface area contributed by atoms with E-state index in [1.807, 2.05) is 0 Å². The molecule has 424 valence electrons. The fourth-order valence-corrected chi connectivity index (χ4v) is 9.25. The molecule has 0 rings (SSSR count). The first-order valence-electron chi connectivity index (χ1n) is 31.8. The summed E-state index contributed by atoms with van der Waals surface area (Å²) in [6.45, 7) is 6.55. The van der Waals surface area contributed by atoms with Gasteiger partial charge in [-0.3, -0.25) is 14.4 Å². The summed E-state index contributed by atoms with van der Waals surface area (Å²) in [7, 11) is 0. The molecule has 6 heteroatoms. The van der Waals surface area contributed by atoms with Crippen molar-refractivity contribution in [3.8, 4) is 0 Å². The highest BCUT2D eigenvalue weighted by atomic mass is 16.6. The van der Waals surface area contributed by atoms with Crippen LogP contribution in [0.1, 0.15) is 329 Å². The Bertz CT molecular complexity index is 1310. The average molecular weight is 1020 g/mol. The average Bonchev–Trinajstić information content (AvgIpc) is 3.39. The van der Waals surface area contributed by atoms with Crippen molar-refractivity contribution in [3.05, 3.63) is 60.8 Å². The maximum absolute atomic E-state index is 12.9. The molecule has 0 heterocycles. The highest BCUT2D eigenvalue weighted by molar-refractivity contribution is 5.71. The van der Waals surface area contributed by atoms with Crippen molar-refractivity contribution in [2.24, 2.45) is 0 Å². The Balaban J connectivity index is 4.35. The van der Waals surface area contributed by atoms with Crippen LogP contribution in [0, 0.1) is 0 Å². The summed E-state index contributed by atoms with van der Waals surface area (Å²) in [5.74, 6) is -0.884. The molecule has 0 N–H and O–H groups in total. The standard InChI is InChI=1S/C67H120O6/c1-4-7-10-13-16-19-22-25-28-30-32-33-35-36-39-42-45-48-51-54-57-60-66(69)72-63-64(62-71-65(68)59-56-53-50-47-44-41-38-27-24-21-18-15-12-9-6-3)73-67(70)61-58-55-52-49-46-43-40-37-34-31-29-26-23-20-17-14-11-8-5-2/h8,11,17,20,26-27,29,34,37-38,64H,4-7,9-10,12-16,18-19,21-25,28,30-33,35-36,39-63H2,1-3H3/b11-8-,20-17-,29-26-,37-34-,38-27-. The van der Waals surface area contributed by atoms with Crippen molar-refractivity contribution in [2.75, 3.05) is 13.2 Å². The highest BCUT2D eigenvalue weighted by Gasteiger charge is 2.19. The van der Waals surface area contributed by atoms with Gasteiger partial charge in [0.1, 0.15) is 13.2 Å². The van der Waals surface area contributed by atoms with E-state index in [1.54, 1.807) is 0 Å². The van der Waals surface area contributed by atoms with Gasteiger partial charge in [0.15, 0.2) is 6.10 Å². The summed E-state index contributed by atoms with van der Waals surface area (Å²) in [5.41, 5.74) is 0. The molecule has 0 aliphatic heterocycles. The van der Waals surface area contributed by atoms with Crippen molar-refractivity contribution in [3.63, 3.8) is 0 Å². The van der Waals surface area contributed by atoms with E-state index in [4.69, 9.17) is 14.2 Å². The van der Waals surface area contributed by atoms with Gasteiger partial charge in [-0.25, -0.2) is 0 Å². The molecule has 0 radical (unpaired) electrons. The zero-order valence-electron chi connectivity index (χ0n) is 48.7. The molecule has 0 aromatic carbocycles. The summed E-state index contributed by atoms with van der Waals surface area (Å²) < 4.78 is 16.9. The monoisotopic (exact) mass is 1020 g/mol. The van der Waals surface area contributed by atoms with Crippen molar-refractivity contribution in [2.45, 2.75) is 335 Å². The van der Waals surface area contributed by atoms with Crippen LogP contribution < -0.4 is 0 Å². The number of unbranched alkanes of at least 4 members (excludes halogenated alkanes) is 37. The van der Waals surface area contributed by atoms with Gasteiger partial charge in [0.05, 0.1) is 0 Å². The SMILES string of the molecule is CC/C=C\C/C=C\C/C=C\C/C=C\CCCCCCCCC(=O)OC(COC(=O)CCCCCCC/C=C\CCCCCCCC)COC(=O)CCCCCCCCCCCCCCCCCCCCCCC. The van der Waals surface area contributed by atoms with Gasteiger partial charge in [-0.15, -0.1) is 0 Å². The molecule has 0 spiro atoms. The van der Waals surface area contributed by atoms with Crippen LogP contribution in [0.4, 0.5) is 0 Å². The lowest BCUT2D eigenvalue weighted by atomic mass is 10.0. The van der Waals surface area contributed by atoms with E-state index in [1.165, 1.54) is 186 Å². The van der Waals surface area contributed by atoms with Gasteiger partial charge < -0.3 is 14.2 Å². The van der Waals surface area contributed by atoms with E-state index in [9.17, 15) is 14.4 Å². The van der Waals surface area contributed by atoms with Crippen LogP contribution in [-0.4, -0.2) is 37.2 Å². The van der Waals surface area contributed by atoms with E-state index in [2.05, 4.69) is 81.5 Å². The Morgan fingerprint density at radius 2 is 0.534 bits per heavy atom. The number of esters is 3. The van der Waals surface area contributed by atoms with E-state index >= 15 is 0 Å². The molecule has 0 saturated carbocycles. The summed E-state index contributed by atoms with van der Waals surface area (Å²) >= 11 is 0. The van der Waals surface area contributed by atoms with Gasteiger partial charge >= 0.3 is 17.9 Å². The second-order valence-electron chi connectivity index (χ2n) is 21.3. The molecular formula is C67H120O6. The Labute approximate surface area is 453 Å². The van der Waals surface area contributed by atoms with Crippen molar-refractivity contribution < 1.29 is 28.6 Å². The van der Waals surface area contributed by atoms with Crippen LogP contribution in [-0.2, 0) is 28.6 Å². The Morgan fingerprint density at radius 1 is 0.288 bits per heavy atom. The summed E-state index contributed by atoms with van der Waals surface area (Å²) in [5, 5.41) is 0. The minimum Gasteiger partial charge on any atom is -0.462 e. The van der Waals surface area contributed by atoms with Crippen LogP contribution >= 0.6 is 0 Å². The normalized spacial score (nSPS) is 12.4. The van der Waals surface area contributed by atoms with Crippen LogP contribution in [0.2, 0.25) is 0 Å². The molecule has 0 aliphatic rings. The minimum atomic E-state index is -0.785. The fraction of sp³-hybridized carbons (Fsp3) is 0.806.